The smallest absolute Gasteiger partial charge is 0.138 e. The molecule has 3 rings (SSSR count). The van der Waals surface area contributed by atoms with E-state index in [0.29, 0.717) is 0 Å². The number of hydrogen-bond acceptors (Lipinski definition) is 2. The number of aliphatic hydroxyl groups excluding tert-OH is 1. The van der Waals surface area contributed by atoms with E-state index in [-0.39, 0.29) is 6.61 Å². The van der Waals surface area contributed by atoms with Gasteiger partial charge in [0.05, 0.1) is 12.3 Å². The second-order valence-corrected chi connectivity index (χ2v) is 4.23. The summed E-state index contributed by atoms with van der Waals surface area (Å²) in [5.41, 5.74) is 3.51. The average Bonchev–Trinajstić information content (AvgIpc) is 2.88. The van der Waals surface area contributed by atoms with Gasteiger partial charge in [0.1, 0.15) is 5.65 Å². The van der Waals surface area contributed by atoms with E-state index in [0.717, 1.165) is 27.9 Å². The lowest BCUT2D eigenvalue weighted by Crippen LogP contribution is -1.82. The molecule has 2 aromatic heterocycles. The fourth-order valence-corrected chi connectivity index (χ4v) is 1.86. The van der Waals surface area contributed by atoms with Crippen molar-refractivity contribution in [1.29, 1.82) is 0 Å². The normalized spacial score (nSPS) is 10.2. The molecule has 0 amide bonds. The van der Waals surface area contributed by atoms with Crippen molar-refractivity contribution in [3.8, 4) is 11.8 Å². The first-order chi connectivity index (χ1) is 9.35. The summed E-state index contributed by atoms with van der Waals surface area (Å²) in [4.78, 5) is 7.39. The predicted octanol–water partition coefficient (Wildman–Crippen LogP) is 2.46. The van der Waals surface area contributed by atoms with Gasteiger partial charge in [-0.1, -0.05) is 18.1 Å². The number of hydrogen-bond donors (Lipinski definition) is 2. The highest BCUT2D eigenvalue weighted by Crippen LogP contribution is 2.11. The Morgan fingerprint density at radius 3 is 2.68 bits per heavy atom. The standard InChI is InChI=1S/C16H12N2O/c19-11-13-5-3-12(4-6-13)7-8-15-10-14-2-1-9-17-16(14)18-15/h1-6,9-10,19H,11H2,(H,17,18). The van der Waals surface area contributed by atoms with Crippen molar-refractivity contribution in [3.05, 3.63) is 65.5 Å². The van der Waals surface area contributed by atoms with Crippen molar-refractivity contribution >= 4 is 11.0 Å². The molecule has 3 heteroatoms. The van der Waals surface area contributed by atoms with Crippen LogP contribution in [-0.4, -0.2) is 15.1 Å². The lowest BCUT2D eigenvalue weighted by atomic mass is 10.1. The number of aromatic amines is 1. The molecule has 0 aliphatic rings. The topological polar surface area (TPSA) is 48.9 Å². The van der Waals surface area contributed by atoms with Crippen molar-refractivity contribution in [2.24, 2.45) is 0 Å². The highest BCUT2D eigenvalue weighted by molar-refractivity contribution is 5.77. The third-order valence-corrected chi connectivity index (χ3v) is 2.87. The molecule has 0 fully saturated rings. The van der Waals surface area contributed by atoms with Gasteiger partial charge in [0.2, 0.25) is 0 Å². The highest BCUT2D eigenvalue weighted by atomic mass is 16.3. The number of benzene rings is 1. The molecule has 0 radical (unpaired) electrons. The molecule has 0 aliphatic carbocycles. The highest BCUT2D eigenvalue weighted by Gasteiger charge is 1.97. The SMILES string of the molecule is OCc1ccc(C#Cc2cc3cccnc3[nH]2)cc1. The Morgan fingerprint density at radius 1 is 1.11 bits per heavy atom. The zero-order valence-electron chi connectivity index (χ0n) is 10.2. The van der Waals surface area contributed by atoms with Crippen molar-refractivity contribution < 1.29 is 5.11 Å². The van der Waals surface area contributed by atoms with Crippen molar-refractivity contribution in [3.63, 3.8) is 0 Å². The average molecular weight is 248 g/mol. The van der Waals surface area contributed by atoms with E-state index < -0.39 is 0 Å². The lowest BCUT2D eigenvalue weighted by Gasteiger charge is -1.94. The van der Waals surface area contributed by atoms with Crippen LogP contribution in [-0.2, 0) is 6.61 Å². The molecule has 2 N–H and O–H groups in total. The van der Waals surface area contributed by atoms with Gasteiger partial charge in [-0.15, -0.1) is 0 Å². The van der Waals surface area contributed by atoms with Crippen LogP contribution in [0.3, 0.4) is 0 Å². The number of nitrogens with zero attached hydrogens (tertiary/aromatic N) is 1. The molecular formula is C16H12N2O. The Kier molecular flexibility index (Phi) is 3.01. The van der Waals surface area contributed by atoms with Crippen LogP contribution in [0, 0.1) is 11.8 Å². The molecule has 0 aliphatic heterocycles. The lowest BCUT2D eigenvalue weighted by molar-refractivity contribution is 0.282. The van der Waals surface area contributed by atoms with E-state index in [1.54, 1.807) is 6.20 Å². The van der Waals surface area contributed by atoms with E-state index in [1.165, 1.54) is 0 Å². The van der Waals surface area contributed by atoms with Gasteiger partial charge < -0.3 is 10.1 Å². The maximum atomic E-state index is 8.97. The van der Waals surface area contributed by atoms with E-state index in [1.807, 2.05) is 42.5 Å². The number of aliphatic hydroxyl groups is 1. The van der Waals surface area contributed by atoms with Crippen LogP contribution in [0.5, 0.6) is 0 Å². The van der Waals surface area contributed by atoms with Gasteiger partial charge in [0.25, 0.3) is 0 Å². The zero-order chi connectivity index (χ0) is 13.1. The maximum absolute atomic E-state index is 8.97. The minimum Gasteiger partial charge on any atom is -0.392 e. The molecule has 19 heavy (non-hydrogen) atoms. The molecule has 3 aromatic rings. The van der Waals surface area contributed by atoms with Crippen molar-refractivity contribution in [1.82, 2.24) is 9.97 Å². The van der Waals surface area contributed by atoms with Gasteiger partial charge in [-0.3, -0.25) is 0 Å². The summed E-state index contributed by atoms with van der Waals surface area (Å²) in [5.74, 6) is 6.16. The summed E-state index contributed by atoms with van der Waals surface area (Å²) in [6.07, 6.45) is 1.75. The Balaban J connectivity index is 1.89. The Labute approximate surface area is 110 Å². The Hall–Kier alpha value is -2.57. The molecule has 0 spiro atoms. The first-order valence-electron chi connectivity index (χ1n) is 6.01. The van der Waals surface area contributed by atoms with Gasteiger partial charge in [-0.05, 0) is 41.8 Å². The van der Waals surface area contributed by atoms with E-state index in [9.17, 15) is 0 Å². The molecule has 2 heterocycles. The van der Waals surface area contributed by atoms with Crippen molar-refractivity contribution in [2.45, 2.75) is 6.61 Å². The van der Waals surface area contributed by atoms with Gasteiger partial charge in [0.15, 0.2) is 0 Å². The molecule has 1 aromatic carbocycles. The molecular weight excluding hydrogens is 236 g/mol. The summed E-state index contributed by atoms with van der Waals surface area (Å²) in [5, 5.41) is 10.0. The van der Waals surface area contributed by atoms with Gasteiger partial charge in [-0.2, -0.15) is 0 Å². The summed E-state index contributed by atoms with van der Waals surface area (Å²) >= 11 is 0. The van der Waals surface area contributed by atoms with Crippen LogP contribution in [0.1, 0.15) is 16.8 Å². The third kappa shape index (κ3) is 2.49. The molecule has 3 nitrogen and oxygen atoms in total. The zero-order valence-corrected chi connectivity index (χ0v) is 10.2. The fraction of sp³-hybridized carbons (Fsp3) is 0.0625. The summed E-state index contributed by atoms with van der Waals surface area (Å²) in [6.45, 7) is 0.0569. The number of fused-ring (bicyclic) bond motifs is 1. The van der Waals surface area contributed by atoms with Crippen LogP contribution in [0.25, 0.3) is 11.0 Å². The minimum atomic E-state index is 0.0569. The van der Waals surface area contributed by atoms with Crippen LogP contribution in [0.4, 0.5) is 0 Å². The Morgan fingerprint density at radius 2 is 1.95 bits per heavy atom. The minimum absolute atomic E-state index is 0.0569. The van der Waals surface area contributed by atoms with Gasteiger partial charge in [0, 0.05) is 17.1 Å². The molecule has 0 atom stereocenters. The number of rotatable bonds is 1. The molecule has 0 unspecified atom stereocenters. The van der Waals surface area contributed by atoms with E-state index >= 15 is 0 Å². The maximum Gasteiger partial charge on any atom is 0.138 e. The second-order valence-electron chi connectivity index (χ2n) is 4.23. The van der Waals surface area contributed by atoms with Crippen LogP contribution in [0.15, 0.2) is 48.7 Å². The number of pyridine rings is 1. The number of nitrogens with one attached hydrogen (secondary N) is 1. The third-order valence-electron chi connectivity index (χ3n) is 2.87. The first kappa shape index (κ1) is 11.5. The second kappa shape index (κ2) is 4.97. The molecule has 92 valence electrons. The van der Waals surface area contributed by atoms with Crippen LogP contribution < -0.4 is 0 Å². The Bertz CT molecular complexity index is 728. The number of aromatic nitrogens is 2. The summed E-state index contributed by atoms with van der Waals surface area (Å²) in [6, 6.07) is 13.4. The van der Waals surface area contributed by atoms with E-state index in [2.05, 4.69) is 21.8 Å². The number of H-pyrrole nitrogens is 1. The van der Waals surface area contributed by atoms with Crippen LogP contribution >= 0.6 is 0 Å². The molecule has 0 saturated heterocycles. The van der Waals surface area contributed by atoms with E-state index in [4.69, 9.17) is 5.11 Å². The van der Waals surface area contributed by atoms with Crippen LogP contribution in [0.2, 0.25) is 0 Å². The largest absolute Gasteiger partial charge is 0.392 e. The summed E-state index contributed by atoms with van der Waals surface area (Å²) < 4.78 is 0. The molecule has 0 bridgehead atoms. The quantitative estimate of drug-likeness (QED) is 0.650. The predicted molar refractivity (Wildman–Crippen MR) is 74.4 cm³/mol. The van der Waals surface area contributed by atoms with Gasteiger partial charge in [-0.25, -0.2) is 4.98 Å². The first-order valence-corrected chi connectivity index (χ1v) is 6.01. The van der Waals surface area contributed by atoms with Crippen molar-refractivity contribution in [2.75, 3.05) is 0 Å². The fourth-order valence-electron chi connectivity index (χ4n) is 1.86. The molecule has 0 saturated carbocycles. The summed E-state index contributed by atoms with van der Waals surface area (Å²) in [7, 11) is 0. The van der Waals surface area contributed by atoms with Gasteiger partial charge >= 0.3 is 0 Å². The monoisotopic (exact) mass is 248 g/mol.